The average molecular weight is 263 g/mol. The molecule has 0 amide bonds. The highest BCUT2D eigenvalue weighted by atomic mass is 32.2. The molecular weight excluding hydrogens is 238 g/mol. The molecule has 0 spiro atoms. The second-order valence-corrected chi connectivity index (χ2v) is 6.01. The molecule has 1 N–H and O–H groups in total. The second kappa shape index (κ2) is 8.39. The fraction of sp³-hybridized carbons (Fsp3) is 0.500. The Morgan fingerprint density at radius 3 is 2.33 bits per heavy atom. The predicted octanol–water partition coefficient (Wildman–Crippen LogP) is 4.38. The van der Waals surface area contributed by atoms with Crippen molar-refractivity contribution < 1.29 is 0 Å². The lowest BCUT2D eigenvalue weighted by atomic mass is 10.00. The zero-order valence-electron chi connectivity index (χ0n) is 11.8. The minimum atomic E-state index is 0.426. The summed E-state index contributed by atoms with van der Waals surface area (Å²) in [4.78, 5) is 0. The van der Waals surface area contributed by atoms with Crippen LogP contribution in [0.4, 0.5) is 0 Å². The van der Waals surface area contributed by atoms with Gasteiger partial charge in [-0.3, -0.25) is 0 Å². The fourth-order valence-corrected chi connectivity index (χ4v) is 2.40. The Hall–Kier alpha value is -0.730. The van der Waals surface area contributed by atoms with Gasteiger partial charge in [-0.1, -0.05) is 44.2 Å². The van der Waals surface area contributed by atoms with Gasteiger partial charge in [0.25, 0.3) is 0 Å². The lowest BCUT2D eigenvalue weighted by molar-refractivity contribution is 0.601. The molecule has 0 aromatic heterocycles. The molecule has 1 atom stereocenters. The number of hydrogen-bond donors (Lipinski definition) is 1. The molecule has 2 heteroatoms. The largest absolute Gasteiger partial charge is 0.309 e. The monoisotopic (exact) mass is 263 g/mol. The van der Waals surface area contributed by atoms with E-state index in [0.717, 1.165) is 18.1 Å². The smallest absolute Gasteiger partial charge is 0.0292 e. The Labute approximate surface area is 116 Å². The number of hydrogen-bond acceptors (Lipinski definition) is 2. The van der Waals surface area contributed by atoms with Crippen molar-refractivity contribution in [3.8, 4) is 0 Å². The van der Waals surface area contributed by atoms with Gasteiger partial charge in [-0.2, -0.15) is 11.8 Å². The van der Waals surface area contributed by atoms with Crippen LogP contribution in [0.3, 0.4) is 0 Å². The van der Waals surface area contributed by atoms with E-state index < -0.39 is 0 Å². The third-order valence-electron chi connectivity index (χ3n) is 3.04. The van der Waals surface area contributed by atoms with Crippen LogP contribution in [0.5, 0.6) is 0 Å². The molecule has 1 rings (SSSR count). The summed E-state index contributed by atoms with van der Waals surface area (Å²) in [7, 11) is 0. The van der Waals surface area contributed by atoms with Gasteiger partial charge in [-0.25, -0.2) is 0 Å². The minimum absolute atomic E-state index is 0.426. The first-order chi connectivity index (χ1) is 8.65. The van der Waals surface area contributed by atoms with Crippen LogP contribution in [0, 0.1) is 0 Å². The molecule has 0 saturated carbocycles. The van der Waals surface area contributed by atoms with Gasteiger partial charge in [0, 0.05) is 24.1 Å². The molecule has 0 aliphatic rings. The van der Waals surface area contributed by atoms with E-state index in [0.29, 0.717) is 12.0 Å². The van der Waals surface area contributed by atoms with Crippen LogP contribution in [0.25, 0.3) is 0 Å². The molecule has 0 radical (unpaired) electrons. The highest BCUT2D eigenvalue weighted by Crippen LogP contribution is 2.18. The summed E-state index contributed by atoms with van der Waals surface area (Å²) in [5.41, 5.74) is 2.78. The first kappa shape index (κ1) is 15.3. The molecule has 0 aliphatic heterocycles. The minimum Gasteiger partial charge on any atom is -0.309 e. The summed E-state index contributed by atoms with van der Waals surface area (Å²) >= 11 is 1.92. The molecule has 0 bridgehead atoms. The van der Waals surface area contributed by atoms with Crippen LogP contribution in [0.2, 0.25) is 0 Å². The predicted molar refractivity (Wildman–Crippen MR) is 84.5 cm³/mol. The van der Waals surface area contributed by atoms with Crippen LogP contribution < -0.4 is 5.32 Å². The Balaban J connectivity index is 2.36. The average Bonchev–Trinajstić information content (AvgIpc) is 2.38. The number of benzene rings is 1. The summed E-state index contributed by atoms with van der Waals surface area (Å²) in [5, 5.41) is 3.55. The molecule has 18 heavy (non-hydrogen) atoms. The van der Waals surface area contributed by atoms with Crippen molar-refractivity contribution in [2.45, 2.75) is 32.7 Å². The lowest BCUT2D eigenvalue weighted by Crippen LogP contribution is -2.21. The van der Waals surface area contributed by atoms with E-state index in [1.54, 1.807) is 0 Å². The van der Waals surface area contributed by atoms with Gasteiger partial charge in [-0.05, 0) is 24.0 Å². The standard InChI is InChI=1S/C16H25NS/c1-5-11-18-12-10-17-14(4)16-8-6-15(7-9-16)13(2)3/h5-9,13-14,17H,1,10-12H2,2-4H3. The molecule has 100 valence electrons. The van der Waals surface area contributed by atoms with Crippen LogP contribution in [0.15, 0.2) is 36.9 Å². The van der Waals surface area contributed by atoms with Crippen molar-refractivity contribution in [1.82, 2.24) is 5.32 Å². The summed E-state index contributed by atoms with van der Waals surface area (Å²) in [6.45, 7) is 11.5. The maximum absolute atomic E-state index is 3.72. The van der Waals surface area contributed by atoms with E-state index >= 15 is 0 Å². The van der Waals surface area contributed by atoms with Crippen LogP contribution >= 0.6 is 11.8 Å². The zero-order valence-corrected chi connectivity index (χ0v) is 12.6. The van der Waals surface area contributed by atoms with Gasteiger partial charge in [0.2, 0.25) is 0 Å². The molecule has 1 aromatic rings. The summed E-state index contributed by atoms with van der Waals surface area (Å²) in [6.07, 6.45) is 1.96. The van der Waals surface area contributed by atoms with E-state index in [4.69, 9.17) is 0 Å². The highest BCUT2D eigenvalue weighted by Gasteiger charge is 2.05. The Kier molecular flexibility index (Phi) is 7.14. The Bertz CT molecular complexity index is 343. The molecule has 0 aliphatic carbocycles. The van der Waals surface area contributed by atoms with Gasteiger partial charge in [0.05, 0.1) is 0 Å². The lowest BCUT2D eigenvalue weighted by Gasteiger charge is -2.15. The molecule has 1 nitrogen and oxygen atoms in total. The van der Waals surface area contributed by atoms with Gasteiger partial charge >= 0.3 is 0 Å². The first-order valence-electron chi connectivity index (χ1n) is 6.67. The normalized spacial score (nSPS) is 12.7. The summed E-state index contributed by atoms with van der Waals surface area (Å²) < 4.78 is 0. The second-order valence-electron chi connectivity index (χ2n) is 4.86. The third kappa shape index (κ3) is 5.28. The van der Waals surface area contributed by atoms with Crippen LogP contribution in [0.1, 0.15) is 43.9 Å². The number of rotatable bonds is 8. The van der Waals surface area contributed by atoms with E-state index in [-0.39, 0.29) is 0 Å². The molecule has 0 fully saturated rings. The van der Waals surface area contributed by atoms with E-state index in [2.05, 4.69) is 56.9 Å². The molecule has 0 saturated heterocycles. The Morgan fingerprint density at radius 1 is 1.17 bits per heavy atom. The summed E-state index contributed by atoms with van der Waals surface area (Å²) in [5.74, 6) is 2.79. The molecular formula is C16H25NS. The van der Waals surface area contributed by atoms with Crippen LogP contribution in [-0.2, 0) is 0 Å². The van der Waals surface area contributed by atoms with Crippen molar-refractivity contribution in [3.05, 3.63) is 48.0 Å². The molecule has 1 aromatic carbocycles. The van der Waals surface area contributed by atoms with Crippen molar-refractivity contribution in [1.29, 1.82) is 0 Å². The fourth-order valence-electron chi connectivity index (χ4n) is 1.80. The topological polar surface area (TPSA) is 12.0 Å². The maximum atomic E-state index is 3.72. The summed E-state index contributed by atoms with van der Waals surface area (Å²) in [6, 6.07) is 9.39. The van der Waals surface area contributed by atoms with Crippen molar-refractivity contribution in [3.63, 3.8) is 0 Å². The SMILES string of the molecule is C=CCSCCNC(C)c1ccc(C(C)C)cc1. The van der Waals surface area contributed by atoms with Gasteiger partial charge in [0.1, 0.15) is 0 Å². The van der Waals surface area contributed by atoms with Gasteiger partial charge in [0.15, 0.2) is 0 Å². The Morgan fingerprint density at radius 2 is 1.78 bits per heavy atom. The van der Waals surface area contributed by atoms with Crippen molar-refractivity contribution >= 4 is 11.8 Å². The van der Waals surface area contributed by atoms with Crippen LogP contribution in [-0.4, -0.2) is 18.1 Å². The number of thioether (sulfide) groups is 1. The highest BCUT2D eigenvalue weighted by molar-refractivity contribution is 7.99. The van der Waals surface area contributed by atoms with E-state index in [9.17, 15) is 0 Å². The van der Waals surface area contributed by atoms with E-state index in [1.807, 2.05) is 17.8 Å². The van der Waals surface area contributed by atoms with Crippen molar-refractivity contribution in [2.75, 3.05) is 18.1 Å². The maximum Gasteiger partial charge on any atom is 0.0292 e. The third-order valence-corrected chi connectivity index (χ3v) is 4.00. The molecule has 1 unspecified atom stereocenters. The van der Waals surface area contributed by atoms with Gasteiger partial charge in [-0.15, -0.1) is 6.58 Å². The van der Waals surface area contributed by atoms with Gasteiger partial charge < -0.3 is 5.32 Å². The molecule has 0 heterocycles. The first-order valence-corrected chi connectivity index (χ1v) is 7.82. The number of nitrogens with one attached hydrogen (secondary N) is 1. The zero-order chi connectivity index (χ0) is 13.4. The quantitative estimate of drug-likeness (QED) is 0.552. The van der Waals surface area contributed by atoms with Crippen molar-refractivity contribution in [2.24, 2.45) is 0 Å². The van der Waals surface area contributed by atoms with E-state index in [1.165, 1.54) is 11.1 Å².